The molecule has 1 aromatic heterocycles. The van der Waals surface area contributed by atoms with E-state index in [0.717, 1.165) is 35.7 Å². The number of aromatic nitrogens is 1. The molecule has 0 saturated carbocycles. The zero-order valence-corrected chi connectivity index (χ0v) is 12.3. The lowest BCUT2D eigenvalue weighted by Crippen LogP contribution is -2.16. The SMILES string of the molecule is CN(Cc1cccc(F)c1)c1nc2c(s1)C(N)CCC2. The summed E-state index contributed by atoms with van der Waals surface area (Å²) in [4.78, 5) is 7.97. The van der Waals surface area contributed by atoms with Crippen LogP contribution < -0.4 is 10.6 Å². The molecule has 3 rings (SSSR count). The predicted octanol–water partition coefficient (Wildman–Crippen LogP) is 3.25. The molecule has 1 unspecified atom stereocenters. The van der Waals surface area contributed by atoms with E-state index in [4.69, 9.17) is 10.7 Å². The molecule has 0 radical (unpaired) electrons. The molecule has 1 atom stereocenters. The van der Waals surface area contributed by atoms with Crippen molar-refractivity contribution in [3.05, 3.63) is 46.2 Å². The van der Waals surface area contributed by atoms with Crippen LogP contribution in [-0.2, 0) is 13.0 Å². The van der Waals surface area contributed by atoms with Crippen LogP contribution in [0.5, 0.6) is 0 Å². The fraction of sp³-hybridized carbons (Fsp3) is 0.400. The number of anilines is 1. The van der Waals surface area contributed by atoms with Crippen LogP contribution in [0.25, 0.3) is 0 Å². The second-order valence-corrected chi connectivity index (χ2v) is 6.30. The van der Waals surface area contributed by atoms with Crippen LogP contribution >= 0.6 is 11.3 Å². The Balaban J connectivity index is 1.79. The van der Waals surface area contributed by atoms with Gasteiger partial charge in [0.2, 0.25) is 0 Å². The van der Waals surface area contributed by atoms with Gasteiger partial charge in [0.05, 0.1) is 5.69 Å². The molecule has 2 aromatic rings. The molecule has 1 aliphatic rings. The van der Waals surface area contributed by atoms with Crippen LogP contribution in [0.2, 0.25) is 0 Å². The number of thiazole rings is 1. The summed E-state index contributed by atoms with van der Waals surface area (Å²) >= 11 is 1.67. The van der Waals surface area contributed by atoms with E-state index in [9.17, 15) is 4.39 Å². The van der Waals surface area contributed by atoms with Crippen LogP contribution in [0.15, 0.2) is 24.3 Å². The first-order valence-electron chi connectivity index (χ1n) is 6.84. The van der Waals surface area contributed by atoms with Gasteiger partial charge in [0.15, 0.2) is 5.13 Å². The van der Waals surface area contributed by atoms with Crippen molar-refractivity contribution >= 4 is 16.5 Å². The summed E-state index contributed by atoms with van der Waals surface area (Å²) in [6.45, 7) is 0.652. The third-order valence-corrected chi connectivity index (χ3v) is 4.96. The molecule has 1 heterocycles. The first-order chi connectivity index (χ1) is 9.63. The summed E-state index contributed by atoms with van der Waals surface area (Å²) < 4.78 is 13.2. The monoisotopic (exact) mass is 291 g/mol. The van der Waals surface area contributed by atoms with Crippen molar-refractivity contribution in [1.82, 2.24) is 4.98 Å². The molecular formula is C15H18FN3S. The summed E-state index contributed by atoms with van der Waals surface area (Å²) in [6, 6.07) is 6.83. The van der Waals surface area contributed by atoms with Gasteiger partial charge in [-0.3, -0.25) is 0 Å². The van der Waals surface area contributed by atoms with Crippen LogP contribution in [0, 0.1) is 5.82 Å². The molecule has 2 N–H and O–H groups in total. The van der Waals surface area contributed by atoms with Gasteiger partial charge in [0.1, 0.15) is 5.82 Å². The summed E-state index contributed by atoms with van der Waals surface area (Å²) in [7, 11) is 1.99. The highest BCUT2D eigenvalue weighted by Gasteiger charge is 2.22. The lowest BCUT2D eigenvalue weighted by Gasteiger charge is -2.16. The number of hydrogen-bond donors (Lipinski definition) is 1. The molecule has 5 heteroatoms. The molecular weight excluding hydrogens is 273 g/mol. The van der Waals surface area contributed by atoms with Crippen molar-refractivity contribution < 1.29 is 4.39 Å². The zero-order valence-electron chi connectivity index (χ0n) is 11.5. The van der Waals surface area contributed by atoms with Crippen LogP contribution in [0.3, 0.4) is 0 Å². The van der Waals surface area contributed by atoms with E-state index in [1.165, 1.54) is 10.9 Å². The largest absolute Gasteiger partial charge is 0.347 e. The van der Waals surface area contributed by atoms with Gasteiger partial charge in [0, 0.05) is 24.5 Å². The van der Waals surface area contributed by atoms with Crippen molar-refractivity contribution in [2.45, 2.75) is 31.8 Å². The van der Waals surface area contributed by atoms with Crippen molar-refractivity contribution in [3.8, 4) is 0 Å². The number of rotatable bonds is 3. The Morgan fingerprint density at radius 1 is 1.50 bits per heavy atom. The molecule has 0 bridgehead atoms. The van der Waals surface area contributed by atoms with E-state index in [1.54, 1.807) is 23.5 Å². The Kier molecular flexibility index (Phi) is 3.72. The Morgan fingerprint density at radius 2 is 2.35 bits per heavy atom. The molecule has 106 valence electrons. The van der Waals surface area contributed by atoms with E-state index < -0.39 is 0 Å². The number of halogens is 1. The van der Waals surface area contributed by atoms with Crippen LogP contribution in [0.1, 0.15) is 35.0 Å². The average Bonchev–Trinajstić information content (AvgIpc) is 2.84. The van der Waals surface area contributed by atoms with Crippen molar-refractivity contribution in [2.75, 3.05) is 11.9 Å². The highest BCUT2D eigenvalue weighted by Crippen LogP contribution is 2.36. The Bertz CT molecular complexity index is 611. The second-order valence-electron chi connectivity index (χ2n) is 5.29. The molecule has 0 amide bonds. The average molecular weight is 291 g/mol. The summed E-state index contributed by atoms with van der Waals surface area (Å²) in [6.07, 6.45) is 3.18. The predicted molar refractivity (Wildman–Crippen MR) is 80.5 cm³/mol. The Morgan fingerprint density at radius 3 is 3.10 bits per heavy atom. The topological polar surface area (TPSA) is 42.2 Å². The maximum absolute atomic E-state index is 13.2. The minimum Gasteiger partial charge on any atom is -0.347 e. The number of nitrogens with two attached hydrogens (primary N) is 1. The van der Waals surface area contributed by atoms with Crippen LogP contribution in [0.4, 0.5) is 9.52 Å². The number of nitrogens with zero attached hydrogens (tertiary/aromatic N) is 2. The van der Waals surface area contributed by atoms with Gasteiger partial charge < -0.3 is 10.6 Å². The highest BCUT2D eigenvalue weighted by atomic mass is 32.1. The number of benzene rings is 1. The molecule has 20 heavy (non-hydrogen) atoms. The minimum absolute atomic E-state index is 0.132. The number of hydrogen-bond acceptors (Lipinski definition) is 4. The summed E-state index contributed by atoms with van der Waals surface area (Å²) in [5.74, 6) is -0.198. The lowest BCUT2D eigenvalue weighted by atomic mass is 9.99. The molecule has 1 aliphatic carbocycles. The molecule has 3 nitrogen and oxygen atoms in total. The first-order valence-corrected chi connectivity index (χ1v) is 7.66. The smallest absolute Gasteiger partial charge is 0.185 e. The van der Waals surface area contributed by atoms with E-state index >= 15 is 0 Å². The van der Waals surface area contributed by atoms with Crippen molar-refractivity contribution in [3.63, 3.8) is 0 Å². The van der Waals surface area contributed by atoms with Crippen molar-refractivity contribution in [1.29, 1.82) is 0 Å². The molecule has 0 spiro atoms. The van der Waals surface area contributed by atoms with E-state index in [2.05, 4.69) is 4.90 Å². The van der Waals surface area contributed by atoms with Crippen molar-refractivity contribution in [2.24, 2.45) is 5.73 Å². The third-order valence-electron chi connectivity index (χ3n) is 3.62. The maximum Gasteiger partial charge on any atom is 0.185 e. The number of aryl methyl sites for hydroxylation is 1. The van der Waals surface area contributed by atoms with Gasteiger partial charge in [-0.15, -0.1) is 0 Å². The van der Waals surface area contributed by atoms with Gasteiger partial charge in [-0.2, -0.15) is 0 Å². The van der Waals surface area contributed by atoms with E-state index in [-0.39, 0.29) is 11.9 Å². The molecule has 0 saturated heterocycles. The van der Waals surface area contributed by atoms with E-state index in [1.807, 2.05) is 13.1 Å². The summed E-state index contributed by atoms with van der Waals surface area (Å²) in [5, 5.41) is 0.969. The van der Waals surface area contributed by atoms with Gasteiger partial charge in [-0.1, -0.05) is 23.5 Å². The van der Waals surface area contributed by atoms with Crippen LogP contribution in [-0.4, -0.2) is 12.0 Å². The van der Waals surface area contributed by atoms with Gasteiger partial charge >= 0.3 is 0 Å². The second kappa shape index (κ2) is 5.50. The minimum atomic E-state index is -0.198. The molecule has 0 aliphatic heterocycles. The van der Waals surface area contributed by atoms with E-state index in [0.29, 0.717) is 6.54 Å². The quantitative estimate of drug-likeness (QED) is 0.944. The normalized spacial score (nSPS) is 17.9. The molecule has 0 fully saturated rings. The summed E-state index contributed by atoms with van der Waals surface area (Å²) in [5.41, 5.74) is 8.23. The fourth-order valence-electron chi connectivity index (χ4n) is 2.58. The Labute approximate surface area is 122 Å². The van der Waals surface area contributed by atoms with Gasteiger partial charge in [-0.05, 0) is 37.0 Å². The number of fused-ring (bicyclic) bond motifs is 1. The molecule has 1 aromatic carbocycles. The fourth-order valence-corrected chi connectivity index (χ4v) is 3.69. The van der Waals surface area contributed by atoms with Gasteiger partial charge in [0.25, 0.3) is 0 Å². The third kappa shape index (κ3) is 2.69. The standard InChI is InChI=1S/C15H18FN3S/c1-19(9-10-4-2-5-11(16)8-10)15-18-13-7-3-6-12(17)14(13)20-15/h2,4-5,8,12H,3,6-7,9,17H2,1H3. The first kappa shape index (κ1) is 13.5. The Hall–Kier alpha value is -1.46. The van der Waals surface area contributed by atoms with Gasteiger partial charge in [-0.25, -0.2) is 9.37 Å². The maximum atomic E-state index is 13.2. The lowest BCUT2D eigenvalue weighted by molar-refractivity contribution is 0.573. The highest BCUT2D eigenvalue weighted by molar-refractivity contribution is 7.15. The zero-order chi connectivity index (χ0) is 14.1.